The molecule has 52 heavy (non-hydrogen) atoms. The van der Waals surface area contributed by atoms with Gasteiger partial charge in [-0.1, -0.05) is 119 Å². The van der Waals surface area contributed by atoms with E-state index in [0.717, 1.165) is 12.3 Å². The summed E-state index contributed by atoms with van der Waals surface area (Å²) in [6.07, 6.45) is 23.6. The van der Waals surface area contributed by atoms with Crippen molar-refractivity contribution in [3.05, 3.63) is 0 Å². The fourth-order valence-electron chi connectivity index (χ4n) is 12.7. The Morgan fingerprint density at radius 2 is 0.788 bits per heavy atom. The molecule has 2 rings (SSSR count). The molecule has 0 aliphatic heterocycles. The molecule has 2 fully saturated rings. The molecule has 0 heterocycles. The fraction of sp³-hybridized carbons (Fsp3) is 1.00. The Morgan fingerprint density at radius 1 is 0.481 bits per heavy atom. The monoisotopic (exact) mass is 737 g/mol. The normalized spacial score (nSPS) is 20.5. The number of nitrogens with two attached hydrogens (primary N) is 2. The van der Waals surface area contributed by atoms with Gasteiger partial charge in [-0.2, -0.15) is 0 Å². The molecule has 4 heteroatoms. The number of hydrogen-bond acceptors (Lipinski definition) is 4. The largest absolute Gasteiger partial charge is 0.316 e. The summed E-state index contributed by atoms with van der Waals surface area (Å²) in [4.78, 5) is 5.77. The molecule has 312 valence electrons. The minimum Gasteiger partial charge on any atom is -0.316 e. The number of nitrogens with zero attached hydrogens (tertiary/aromatic N) is 2. The molecule has 0 aromatic carbocycles. The first-order chi connectivity index (χ1) is 23.4. The van der Waals surface area contributed by atoms with Gasteiger partial charge in [0.15, 0.2) is 0 Å². The Balaban J connectivity index is 0.000000522. The van der Waals surface area contributed by atoms with Crippen LogP contribution in [0.15, 0.2) is 0 Å². The minimum atomic E-state index is -0.232. The SMILES string of the molecule is CCCCC(C(N)N)C(C)(C)CC1([16N](C(C)(C)C)C(C)(C)C)CCCCC1.CCCCC(C)C(C)(C)CC1([16N](C(C)(C)C)C(C)(C)C)CCCCC1. The smallest absolute Gasteiger partial charge is 0.0555 e. The van der Waals surface area contributed by atoms with E-state index in [1.54, 1.807) is 0 Å². The van der Waals surface area contributed by atoms with Gasteiger partial charge in [-0.25, -0.2) is 0 Å². The summed E-state index contributed by atoms with van der Waals surface area (Å²) in [5, 5.41) is 0. The summed E-state index contributed by atoms with van der Waals surface area (Å²) in [5.41, 5.74) is 14.5. The molecule has 2 atom stereocenters. The standard InChI is InChI=1S/C24H51N3.C24H49N/c1-10-11-15-19(20(25)26)23(8,9)18-24(16-13-12-14-17-24)27(21(2,3)4)22(5,6)7;1-11-12-16-20(2)23(9,10)19-24(17-14-13-15-18-24)25(21(3,4)5)22(6,7)8/h19-20H,10-18,25-26H2,1-9H3;20H,11-19H2,1-10H3/i27+2;25+2. The van der Waals surface area contributed by atoms with Crippen LogP contribution in [0.2, 0.25) is 0 Å². The Morgan fingerprint density at radius 3 is 1.08 bits per heavy atom. The Hall–Kier alpha value is -0.160. The molecular weight excluding hydrogens is 637 g/mol. The van der Waals surface area contributed by atoms with Gasteiger partial charge in [0.25, 0.3) is 0 Å². The van der Waals surface area contributed by atoms with Crippen LogP contribution in [0.25, 0.3) is 0 Å². The van der Waals surface area contributed by atoms with E-state index >= 15 is 0 Å². The second-order valence-corrected chi connectivity index (χ2v) is 23.6. The summed E-state index contributed by atoms with van der Waals surface area (Å²) in [6, 6.07) is 0. The lowest BCUT2D eigenvalue weighted by Gasteiger charge is -2.61. The molecule has 2 saturated carbocycles. The zero-order valence-corrected chi connectivity index (χ0v) is 39.5. The van der Waals surface area contributed by atoms with Gasteiger partial charge in [-0.05, 0) is 151 Å². The molecule has 0 spiro atoms. The van der Waals surface area contributed by atoms with E-state index in [2.05, 4.69) is 141 Å². The summed E-state index contributed by atoms with van der Waals surface area (Å²) < 4.78 is 0. The van der Waals surface area contributed by atoms with Gasteiger partial charge in [-0.3, -0.25) is 9.80 Å². The first-order valence-corrected chi connectivity index (χ1v) is 22.6. The van der Waals surface area contributed by atoms with Crippen LogP contribution in [0, 0.1) is 22.7 Å². The summed E-state index contributed by atoms with van der Waals surface area (Å²) >= 11 is 0. The van der Waals surface area contributed by atoms with Gasteiger partial charge < -0.3 is 11.5 Å². The lowest BCUT2D eigenvalue weighted by Crippen LogP contribution is -2.66. The fourth-order valence-corrected chi connectivity index (χ4v) is 12.7. The maximum atomic E-state index is 6.32. The van der Waals surface area contributed by atoms with E-state index in [4.69, 9.17) is 11.5 Å². The molecule has 2 aliphatic carbocycles. The molecule has 0 aromatic heterocycles. The molecule has 4 nitrogen and oxygen atoms in total. The van der Waals surface area contributed by atoms with E-state index in [-0.39, 0.29) is 39.3 Å². The average Bonchev–Trinajstić information content (AvgIpc) is 2.93. The number of unbranched alkanes of at least 4 members (excludes halogenated alkanes) is 2. The lowest BCUT2D eigenvalue weighted by atomic mass is 9.65. The Kier molecular flexibility index (Phi) is 18.5. The zero-order valence-electron chi connectivity index (χ0n) is 39.5. The predicted octanol–water partition coefficient (Wildman–Crippen LogP) is 13.9. The van der Waals surface area contributed by atoms with Crippen molar-refractivity contribution in [3.63, 3.8) is 0 Å². The van der Waals surface area contributed by atoms with E-state index in [1.807, 2.05) is 0 Å². The van der Waals surface area contributed by atoms with Crippen molar-refractivity contribution >= 4 is 0 Å². The summed E-state index contributed by atoms with van der Waals surface area (Å²) in [5.74, 6) is 1.17. The molecule has 0 saturated heterocycles. The van der Waals surface area contributed by atoms with Crippen molar-refractivity contribution in [1.82, 2.24) is 9.80 Å². The van der Waals surface area contributed by atoms with Crippen LogP contribution in [0.3, 0.4) is 0 Å². The van der Waals surface area contributed by atoms with E-state index in [0.29, 0.717) is 16.9 Å². The Bertz CT molecular complexity index is 955. The van der Waals surface area contributed by atoms with Crippen molar-refractivity contribution in [2.24, 2.45) is 34.1 Å². The highest BCUT2D eigenvalue weighted by Crippen LogP contribution is 2.52. The van der Waals surface area contributed by atoms with Crippen LogP contribution in [0.1, 0.15) is 247 Å². The maximum Gasteiger partial charge on any atom is 0.0555 e. The van der Waals surface area contributed by atoms with Gasteiger partial charge in [0, 0.05) is 33.2 Å². The van der Waals surface area contributed by atoms with Gasteiger partial charge in [0.05, 0.1) is 6.17 Å². The third-order valence-corrected chi connectivity index (χ3v) is 13.4. The van der Waals surface area contributed by atoms with Gasteiger partial charge >= 0.3 is 0 Å². The zero-order chi connectivity index (χ0) is 40.6. The Labute approximate surface area is 329 Å². The van der Waals surface area contributed by atoms with Crippen molar-refractivity contribution in [1.29, 1.82) is 0 Å². The minimum absolute atomic E-state index is 0.134. The highest BCUT2D eigenvalue weighted by molar-refractivity contribution is 5.07. The van der Waals surface area contributed by atoms with Crippen molar-refractivity contribution in [2.75, 3.05) is 0 Å². The molecule has 0 radical (unpaired) electrons. The quantitative estimate of drug-likeness (QED) is 0.164. The van der Waals surface area contributed by atoms with Crippen LogP contribution >= 0.6 is 0 Å². The van der Waals surface area contributed by atoms with Gasteiger partial charge in [-0.15, -0.1) is 0 Å². The van der Waals surface area contributed by atoms with Gasteiger partial charge in [0.1, 0.15) is 0 Å². The number of hydrogen-bond donors (Lipinski definition) is 2. The van der Waals surface area contributed by atoms with Crippen LogP contribution in [-0.2, 0) is 0 Å². The van der Waals surface area contributed by atoms with Crippen LogP contribution < -0.4 is 11.5 Å². The van der Waals surface area contributed by atoms with E-state index in [1.165, 1.54) is 109 Å². The second kappa shape index (κ2) is 19.3. The number of rotatable bonds is 15. The van der Waals surface area contributed by atoms with Crippen LogP contribution in [0.4, 0.5) is 0 Å². The van der Waals surface area contributed by atoms with Crippen molar-refractivity contribution < 1.29 is 0 Å². The molecule has 2 unspecified atom stereocenters. The maximum absolute atomic E-state index is 6.32. The van der Waals surface area contributed by atoms with E-state index in [9.17, 15) is 0 Å². The first-order valence-electron chi connectivity index (χ1n) is 22.6. The average molecular weight is 737 g/mol. The van der Waals surface area contributed by atoms with E-state index < -0.39 is 0 Å². The third-order valence-electron chi connectivity index (χ3n) is 13.4. The second-order valence-electron chi connectivity index (χ2n) is 23.6. The lowest BCUT2D eigenvalue weighted by molar-refractivity contribution is -0.108. The highest BCUT2D eigenvalue weighted by Gasteiger charge is 2.52. The highest BCUT2D eigenvalue weighted by atomic mass is 16.7. The topological polar surface area (TPSA) is 58.5 Å². The summed E-state index contributed by atoms with van der Waals surface area (Å²) in [7, 11) is 0. The third kappa shape index (κ3) is 14.1. The predicted molar refractivity (Wildman–Crippen MR) is 235 cm³/mol. The molecule has 4 N–H and O–H groups in total. The van der Waals surface area contributed by atoms with Gasteiger partial charge in [0.2, 0.25) is 0 Å². The summed E-state index contributed by atoms with van der Waals surface area (Å²) in [6.45, 7) is 46.0. The molecule has 2 aliphatic rings. The first kappa shape index (κ1) is 49.9. The molecule has 0 bridgehead atoms. The van der Waals surface area contributed by atoms with Crippen molar-refractivity contribution in [2.45, 2.75) is 287 Å². The molecule has 0 aromatic rings. The van der Waals surface area contributed by atoms with Crippen LogP contribution in [0.5, 0.6) is 0 Å². The van der Waals surface area contributed by atoms with Crippen LogP contribution in [-0.4, -0.2) is 49.2 Å². The molecule has 0 amide bonds. The van der Waals surface area contributed by atoms with Crippen molar-refractivity contribution in [3.8, 4) is 0 Å². The molecular formula is C48H100N4.